The summed E-state index contributed by atoms with van der Waals surface area (Å²) in [5.41, 5.74) is 1.61. The second-order valence-electron chi connectivity index (χ2n) is 5.04. The molecule has 0 saturated carbocycles. The third-order valence-corrected chi connectivity index (χ3v) is 2.78. The maximum atomic E-state index is 3.26. The highest BCUT2D eigenvalue weighted by atomic mass is 15.1. The van der Waals surface area contributed by atoms with Gasteiger partial charge in [0.2, 0.25) is 0 Å². The molecule has 0 aliphatic rings. The summed E-state index contributed by atoms with van der Waals surface area (Å²) in [5, 5.41) is 3.26. The summed E-state index contributed by atoms with van der Waals surface area (Å²) in [6.07, 6.45) is 0. The highest BCUT2D eigenvalue weighted by Crippen LogP contribution is 2.21. The van der Waals surface area contributed by atoms with Crippen LogP contribution >= 0.6 is 0 Å². The van der Waals surface area contributed by atoms with E-state index in [9.17, 15) is 0 Å². The Labute approximate surface area is 99.7 Å². The molecule has 0 aromatic heterocycles. The maximum Gasteiger partial charge on any atom is 0.0366 e. The normalized spacial score (nSPS) is 11.5. The molecule has 1 aromatic rings. The third-order valence-electron chi connectivity index (χ3n) is 2.78. The molecule has 2 nitrogen and oxygen atoms in total. The highest BCUT2D eigenvalue weighted by molar-refractivity contribution is 5.46. The second kappa shape index (κ2) is 5.90. The van der Waals surface area contributed by atoms with Gasteiger partial charge in [-0.3, -0.25) is 0 Å². The standard InChI is InChI=1S/C14H24N2/c1-5-16(12-14(2,3)11-15-4)13-9-7-6-8-10-13/h6-10,15H,5,11-12H2,1-4H3. The van der Waals surface area contributed by atoms with Gasteiger partial charge in [0.1, 0.15) is 0 Å². The molecule has 1 rings (SSSR count). The lowest BCUT2D eigenvalue weighted by Crippen LogP contribution is -2.39. The van der Waals surface area contributed by atoms with E-state index in [1.54, 1.807) is 0 Å². The van der Waals surface area contributed by atoms with E-state index >= 15 is 0 Å². The lowest BCUT2D eigenvalue weighted by Gasteiger charge is -2.33. The van der Waals surface area contributed by atoms with Gasteiger partial charge in [-0.05, 0) is 31.5 Å². The molecule has 0 amide bonds. The number of rotatable bonds is 6. The van der Waals surface area contributed by atoms with Gasteiger partial charge in [0.15, 0.2) is 0 Å². The second-order valence-corrected chi connectivity index (χ2v) is 5.04. The smallest absolute Gasteiger partial charge is 0.0366 e. The van der Waals surface area contributed by atoms with Crippen LogP contribution in [-0.4, -0.2) is 26.7 Å². The van der Waals surface area contributed by atoms with E-state index in [-0.39, 0.29) is 0 Å². The van der Waals surface area contributed by atoms with Gasteiger partial charge < -0.3 is 10.2 Å². The van der Waals surface area contributed by atoms with Crippen molar-refractivity contribution in [1.29, 1.82) is 0 Å². The van der Waals surface area contributed by atoms with Crippen molar-refractivity contribution in [3.05, 3.63) is 30.3 Å². The van der Waals surface area contributed by atoms with Gasteiger partial charge in [-0.1, -0.05) is 32.0 Å². The van der Waals surface area contributed by atoms with E-state index in [4.69, 9.17) is 0 Å². The Kier molecular flexibility index (Phi) is 4.81. The zero-order chi connectivity index (χ0) is 12.0. The van der Waals surface area contributed by atoms with Crippen molar-refractivity contribution in [2.75, 3.05) is 31.6 Å². The minimum absolute atomic E-state index is 0.292. The molecule has 1 aromatic carbocycles. The fourth-order valence-electron chi connectivity index (χ4n) is 2.08. The van der Waals surface area contributed by atoms with Crippen LogP contribution in [0.1, 0.15) is 20.8 Å². The predicted octanol–water partition coefficient (Wildman–Crippen LogP) is 2.76. The molecule has 2 heteroatoms. The number of hydrogen-bond donors (Lipinski definition) is 1. The lowest BCUT2D eigenvalue weighted by atomic mass is 9.92. The van der Waals surface area contributed by atoms with Crippen molar-refractivity contribution >= 4 is 5.69 Å². The molecule has 0 saturated heterocycles. The highest BCUT2D eigenvalue weighted by Gasteiger charge is 2.20. The molecule has 0 atom stereocenters. The largest absolute Gasteiger partial charge is 0.371 e. The Morgan fingerprint density at radius 2 is 1.81 bits per heavy atom. The van der Waals surface area contributed by atoms with Crippen LogP contribution in [0.25, 0.3) is 0 Å². The van der Waals surface area contributed by atoms with Gasteiger partial charge in [-0.25, -0.2) is 0 Å². The fraction of sp³-hybridized carbons (Fsp3) is 0.571. The number of nitrogens with one attached hydrogen (secondary N) is 1. The van der Waals surface area contributed by atoms with Crippen LogP contribution in [0, 0.1) is 5.41 Å². The zero-order valence-corrected chi connectivity index (χ0v) is 11.0. The van der Waals surface area contributed by atoms with Crippen LogP contribution in [0.4, 0.5) is 5.69 Å². The first-order valence-corrected chi connectivity index (χ1v) is 6.03. The minimum Gasteiger partial charge on any atom is -0.371 e. The number of hydrogen-bond acceptors (Lipinski definition) is 2. The van der Waals surface area contributed by atoms with E-state index in [1.165, 1.54) is 5.69 Å². The van der Waals surface area contributed by atoms with E-state index in [1.807, 2.05) is 7.05 Å². The number of anilines is 1. The summed E-state index contributed by atoms with van der Waals surface area (Å²) in [7, 11) is 2.01. The van der Waals surface area contributed by atoms with Crippen molar-refractivity contribution in [3.63, 3.8) is 0 Å². The maximum absolute atomic E-state index is 3.26. The van der Waals surface area contributed by atoms with Crippen molar-refractivity contribution in [2.24, 2.45) is 5.41 Å². The SMILES string of the molecule is CCN(CC(C)(C)CNC)c1ccccc1. The lowest BCUT2D eigenvalue weighted by molar-refractivity contribution is 0.354. The van der Waals surface area contributed by atoms with Gasteiger partial charge in [-0.2, -0.15) is 0 Å². The molecule has 0 heterocycles. The Morgan fingerprint density at radius 1 is 1.19 bits per heavy atom. The van der Waals surface area contributed by atoms with Gasteiger partial charge in [0, 0.05) is 25.3 Å². The Balaban J connectivity index is 2.69. The summed E-state index contributed by atoms with van der Waals surface area (Å²) in [4.78, 5) is 2.43. The van der Waals surface area contributed by atoms with Crippen LogP contribution < -0.4 is 10.2 Å². The monoisotopic (exact) mass is 220 g/mol. The van der Waals surface area contributed by atoms with Gasteiger partial charge in [0.05, 0.1) is 0 Å². The Bertz CT molecular complexity index is 293. The molecule has 0 spiro atoms. The zero-order valence-electron chi connectivity index (χ0n) is 11.0. The number of para-hydroxylation sites is 1. The molecule has 0 fully saturated rings. The molecule has 90 valence electrons. The van der Waals surface area contributed by atoms with Crippen LogP contribution in [0.3, 0.4) is 0 Å². The quantitative estimate of drug-likeness (QED) is 0.793. The van der Waals surface area contributed by atoms with Gasteiger partial charge in [0.25, 0.3) is 0 Å². The molecular weight excluding hydrogens is 196 g/mol. The van der Waals surface area contributed by atoms with Crippen molar-refractivity contribution in [1.82, 2.24) is 5.32 Å². The summed E-state index contributed by atoms with van der Waals surface area (Å²) in [5.74, 6) is 0. The van der Waals surface area contributed by atoms with E-state index in [2.05, 4.69) is 61.3 Å². The first-order valence-electron chi connectivity index (χ1n) is 6.03. The molecule has 0 aliphatic carbocycles. The van der Waals surface area contributed by atoms with Gasteiger partial charge >= 0.3 is 0 Å². The predicted molar refractivity (Wildman–Crippen MR) is 72.0 cm³/mol. The fourth-order valence-corrected chi connectivity index (χ4v) is 2.08. The topological polar surface area (TPSA) is 15.3 Å². The molecule has 0 bridgehead atoms. The van der Waals surface area contributed by atoms with E-state index < -0.39 is 0 Å². The molecule has 0 unspecified atom stereocenters. The minimum atomic E-state index is 0.292. The molecule has 0 aliphatic heterocycles. The first kappa shape index (κ1) is 13.0. The molecule has 16 heavy (non-hydrogen) atoms. The van der Waals surface area contributed by atoms with Gasteiger partial charge in [-0.15, -0.1) is 0 Å². The van der Waals surface area contributed by atoms with E-state index in [0.29, 0.717) is 5.41 Å². The molecule has 0 radical (unpaired) electrons. The summed E-state index contributed by atoms with van der Waals surface area (Å²) in [6.45, 7) is 9.98. The summed E-state index contributed by atoms with van der Waals surface area (Å²) in [6, 6.07) is 10.6. The first-order chi connectivity index (χ1) is 7.59. The Morgan fingerprint density at radius 3 is 2.31 bits per heavy atom. The summed E-state index contributed by atoms with van der Waals surface area (Å²) < 4.78 is 0. The average Bonchev–Trinajstić information content (AvgIpc) is 2.27. The Hall–Kier alpha value is -1.02. The number of nitrogens with zero attached hydrogens (tertiary/aromatic N) is 1. The third kappa shape index (κ3) is 3.86. The molecule has 1 N–H and O–H groups in total. The number of benzene rings is 1. The van der Waals surface area contributed by atoms with Crippen LogP contribution in [-0.2, 0) is 0 Å². The van der Waals surface area contributed by atoms with Crippen LogP contribution in [0.15, 0.2) is 30.3 Å². The van der Waals surface area contributed by atoms with Crippen molar-refractivity contribution in [2.45, 2.75) is 20.8 Å². The summed E-state index contributed by atoms with van der Waals surface area (Å²) >= 11 is 0. The van der Waals surface area contributed by atoms with E-state index in [0.717, 1.165) is 19.6 Å². The van der Waals surface area contributed by atoms with Crippen molar-refractivity contribution in [3.8, 4) is 0 Å². The van der Waals surface area contributed by atoms with Crippen LogP contribution in [0.2, 0.25) is 0 Å². The van der Waals surface area contributed by atoms with Crippen molar-refractivity contribution < 1.29 is 0 Å². The van der Waals surface area contributed by atoms with Crippen LogP contribution in [0.5, 0.6) is 0 Å². The molecular formula is C14H24N2. The average molecular weight is 220 g/mol.